The normalized spacial score (nSPS) is 19.6. The van der Waals surface area contributed by atoms with E-state index in [9.17, 15) is 18.4 Å². The number of benzene rings is 2. The van der Waals surface area contributed by atoms with Gasteiger partial charge in [0, 0.05) is 24.8 Å². The summed E-state index contributed by atoms with van der Waals surface area (Å²) < 4.78 is 32.3. The second-order valence-corrected chi connectivity index (χ2v) is 7.88. The van der Waals surface area contributed by atoms with Gasteiger partial charge in [0.1, 0.15) is 5.92 Å². The van der Waals surface area contributed by atoms with E-state index in [1.54, 1.807) is 13.0 Å². The molecule has 5 nitrogen and oxygen atoms in total. The number of Topliss-reactive ketones (excluding diaryl/α,β-unsaturated/α-hetero) is 1. The van der Waals surface area contributed by atoms with Crippen LogP contribution in [0.25, 0.3) is 0 Å². The quantitative estimate of drug-likeness (QED) is 0.673. The molecule has 1 atom stereocenters. The van der Waals surface area contributed by atoms with Crippen LogP contribution in [0.3, 0.4) is 0 Å². The summed E-state index contributed by atoms with van der Waals surface area (Å²) in [6, 6.07) is 13.2. The second kappa shape index (κ2) is 7.72. The number of hydrogen-bond acceptors (Lipinski definition) is 4. The van der Waals surface area contributed by atoms with Crippen molar-refractivity contribution in [3.05, 3.63) is 65.2 Å². The molecule has 1 amide bonds. The first kappa shape index (κ1) is 20.3. The van der Waals surface area contributed by atoms with Crippen molar-refractivity contribution in [3.63, 3.8) is 0 Å². The molecule has 1 unspecified atom stereocenters. The monoisotopic (exact) mass is 412 g/mol. The van der Waals surface area contributed by atoms with Gasteiger partial charge in [-0.05, 0) is 36.2 Å². The third kappa shape index (κ3) is 3.89. The van der Waals surface area contributed by atoms with Crippen molar-refractivity contribution in [2.75, 3.05) is 18.2 Å². The molecule has 0 saturated carbocycles. The highest BCUT2D eigenvalue weighted by Gasteiger charge is 2.39. The molecule has 0 radical (unpaired) electrons. The molecule has 4 rings (SSSR count). The number of anilines is 1. The summed E-state index contributed by atoms with van der Waals surface area (Å²) in [5.41, 5.74) is 2.42. The number of alkyl halides is 2. The van der Waals surface area contributed by atoms with Gasteiger partial charge in [0.15, 0.2) is 5.78 Å². The highest BCUT2D eigenvalue weighted by molar-refractivity contribution is 6.27. The van der Waals surface area contributed by atoms with Crippen LogP contribution in [-0.4, -0.2) is 30.6 Å². The SMILES string of the molecule is CC1=NN(c2ccc(C3COC3)cc2)C(=O)C1C(=O)Cc1cccc(C(C)(F)F)c1. The largest absolute Gasteiger partial charge is 0.380 e. The van der Waals surface area contributed by atoms with E-state index in [-0.39, 0.29) is 17.8 Å². The maximum Gasteiger partial charge on any atom is 0.270 e. The lowest BCUT2D eigenvalue weighted by atomic mass is 9.93. The maximum atomic E-state index is 13.6. The van der Waals surface area contributed by atoms with Crippen molar-refractivity contribution in [1.29, 1.82) is 0 Å². The van der Waals surface area contributed by atoms with Gasteiger partial charge in [-0.25, -0.2) is 8.78 Å². The first-order valence-corrected chi connectivity index (χ1v) is 9.81. The Bertz CT molecular complexity index is 1010. The zero-order valence-electron chi connectivity index (χ0n) is 16.8. The van der Waals surface area contributed by atoms with Crippen LogP contribution in [0.4, 0.5) is 14.5 Å². The Kier molecular flexibility index (Phi) is 5.24. The zero-order chi connectivity index (χ0) is 21.5. The lowest BCUT2D eigenvalue weighted by Crippen LogP contribution is -2.33. The molecule has 7 heteroatoms. The second-order valence-electron chi connectivity index (χ2n) is 7.88. The average molecular weight is 412 g/mol. The summed E-state index contributed by atoms with van der Waals surface area (Å²) in [6.45, 7) is 3.84. The smallest absolute Gasteiger partial charge is 0.270 e. The summed E-state index contributed by atoms with van der Waals surface area (Å²) in [6.07, 6.45) is -0.109. The zero-order valence-corrected chi connectivity index (χ0v) is 16.8. The van der Waals surface area contributed by atoms with E-state index in [2.05, 4.69) is 5.10 Å². The number of ether oxygens (including phenoxy) is 1. The number of hydrazone groups is 1. The van der Waals surface area contributed by atoms with Crippen molar-refractivity contribution in [2.45, 2.75) is 32.1 Å². The van der Waals surface area contributed by atoms with Gasteiger partial charge in [0.25, 0.3) is 11.8 Å². The Hall–Kier alpha value is -2.93. The molecular formula is C23H22F2N2O3. The summed E-state index contributed by atoms with van der Waals surface area (Å²) in [5.74, 6) is -4.40. The minimum Gasteiger partial charge on any atom is -0.380 e. The van der Waals surface area contributed by atoms with Crippen LogP contribution in [0.15, 0.2) is 53.6 Å². The molecule has 2 aromatic rings. The number of rotatable bonds is 6. The Morgan fingerprint density at radius 1 is 1.20 bits per heavy atom. The molecule has 2 aliphatic rings. The average Bonchev–Trinajstić information content (AvgIpc) is 2.95. The minimum absolute atomic E-state index is 0.109. The fourth-order valence-electron chi connectivity index (χ4n) is 3.69. The molecule has 2 aromatic carbocycles. The molecule has 0 spiro atoms. The van der Waals surface area contributed by atoms with Crippen molar-refractivity contribution in [3.8, 4) is 0 Å². The van der Waals surface area contributed by atoms with Crippen LogP contribution < -0.4 is 5.01 Å². The molecule has 156 valence electrons. The molecule has 0 N–H and O–H groups in total. The number of ketones is 1. The molecule has 2 aliphatic heterocycles. The van der Waals surface area contributed by atoms with Gasteiger partial charge in [-0.15, -0.1) is 0 Å². The number of carbonyl (C=O) groups excluding carboxylic acids is 2. The molecular weight excluding hydrogens is 390 g/mol. The van der Waals surface area contributed by atoms with Gasteiger partial charge in [-0.2, -0.15) is 10.1 Å². The minimum atomic E-state index is -2.99. The van der Waals surface area contributed by atoms with E-state index >= 15 is 0 Å². The lowest BCUT2D eigenvalue weighted by Gasteiger charge is -2.26. The molecule has 0 aromatic heterocycles. The number of carbonyl (C=O) groups is 2. The van der Waals surface area contributed by atoms with Gasteiger partial charge in [0.05, 0.1) is 24.6 Å². The van der Waals surface area contributed by atoms with Crippen LogP contribution in [0.2, 0.25) is 0 Å². The van der Waals surface area contributed by atoms with Crippen LogP contribution in [0, 0.1) is 5.92 Å². The van der Waals surface area contributed by atoms with Crippen LogP contribution >= 0.6 is 0 Å². The summed E-state index contributed by atoms with van der Waals surface area (Å²) in [4.78, 5) is 25.7. The highest BCUT2D eigenvalue weighted by Crippen LogP contribution is 2.30. The van der Waals surface area contributed by atoms with Crippen LogP contribution in [0.5, 0.6) is 0 Å². The van der Waals surface area contributed by atoms with Crippen molar-refractivity contribution in [1.82, 2.24) is 0 Å². The number of nitrogens with zero attached hydrogens (tertiary/aromatic N) is 2. The van der Waals surface area contributed by atoms with E-state index in [4.69, 9.17) is 4.74 Å². The third-order valence-corrected chi connectivity index (χ3v) is 5.51. The topological polar surface area (TPSA) is 59.0 Å². The standard InChI is InChI=1S/C23H22F2N2O3/c1-14-21(20(28)11-15-4-3-5-18(10-15)23(2,24)25)22(29)27(26-14)19-8-6-16(7-9-19)17-12-30-13-17/h3-10,17,21H,11-13H2,1-2H3. The van der Waals surface area contributed by atoms with Gasteiger partial charge in [-0.1, -0.05) is 30.3 Å². The van der Waals surface area contributed by atoms with Gasteiger partial charge < -0.3 is 4.74 Å². The Labute approximate surface area is 173 Å². The summed E-state index contributed by atoms with van der Waals surface area (Å²) in [7, 11) is 0. The molecule has 0 bridgehead atoms. The number of hydrogen-bond donors (Lipinski definition) is 0. The number of amides is 1. The van der Waals surface area contributed by atoms with Gasteiger partial charge >= 0.3 is 0 Å². The fourth-order valence-corrected chi connectivity index (χ4v) is 3.69. The van der Waals surface area contributed by atoms with Gasteiger partial charge in [0.2, 0.25) is 0 Å². The lowest BCUT2D eigenvalue weighted by molar-refractivity contribution is -0.128. The van der Waals surface area contributed by atoms with E-state index in [1.807, 2.05) is 24.3 Å². The van der Waals surface area contributed by atoms with E-state index in [0.29, 0.717) is 36.1 Å². The van der Waals surface area contributed by atoms with Crippen LogP contribution in [0.1, 0.15) is 36.5 Å². The highest BCUT2D eigenvalue weighted by atomic mass is 19.3. The van der Waals surface area contributed by atoms with E-state index < -0.39 is 17.7 Å². The first-order chi connectivity index (χ1) is 14.2. The predicted octanol–water partition coefficient (Wildman–Crippen LogP) is 4.06. The first-order valence-electron chi connectivity index (χ1n) is 9.81. The molecule has 1 saturated heterocycles. The van der Waals surface area contributed by atoms with Crippen molar-refractivity contribution in [2.24, 2.45) is 11.0 Å². The Morgan fingerprint density at radius 2 is 1.90 bits per heavy atom. The van der Waals surface area contributed by atoms with Gasteiger partial charge in [-0.3, -0.25) is 9.59 Å². The number of halogens is 2. The summed E-state index contributed by atoms with van der Waals surface area (Å²) in [5, 5.41) is 5.53. The molecule has 30 heavy (non-hydrogen) atoms. The molecule has 0 aliphatic carbocycles. The molecule has 2 heterocycles. The Morgan fingerprint density at radius 3 is 2.50 bits per heavy atom. The maximum absolute atomic E-state index is 13.6. The van der Waals surface area contributed by atoms with E-state index in [1.165, 1.54) is 23.2 Å². The summed E-state index contributed by atoms with van der Waals surface area (Å²) >= 11 is 0. The fraction of sp³-hybridized carbons (Fsp3) is 0.348. The Balaban J connectivity index is 1.48. The van der Waals surface area contributed by atoms with Crippen molar-refractivity contribution >= 4 is 23.1 Å². The van der Waals surface area contributed by atoms with E-state index in [0.717, 1.165) is 12.5 Å². The molecule has 1 fully saturated rings. The van der Waals surface area contributed by atoms with Crippen molar-refractivity contribution < 1.29 is 23.1 Å². The predicted molar refractivity (Wildman–Crippen MR) is 109 cm³/mol. The third-order valence-electron chi connectivity index (χ3n) is 5.51. The van der Waals surface area contributed by atoms with Crippen LogP contribution in [-0.2, 0) is 26.7 Å².